The number of piperidine rings is 2. The van der Waals surface area contributed by atoms with E-state index < -0.39 is 17.2 Å². The van der Waals surface area contributed by atoms with Crippen LogP contribution in [0.3, 0.4) is 0 Å². The van der Waals surface area contributed by atoms with Crippen LogP contribution in [0.25, 0.3) is 0 Å². The van der Waals surface area contributed by atoms with Crippen molar-refractivity contribution in [3.63, 3.8) is 0 Å². The van der Waals surface area contributed by atoms with E-state index in [1.165, 1.54) is 0 Å². The molecule has 1 saturated carbocycles. The van der Waals surface area contributed by atoms with Gasteiger partial charge in [0.25, 0.3) is 0 Å². The first-order chi connectivity index (χ1) is 10.7. The number of amidine groups is 1. The molecule has 0 unspecified atom stereocenters. The first kappa shape index (κ1) is 16.5. The fourth-order valence-corrected chi connectivity index (χ4v) is 3.86. The quantitative estimate of drug-likeness (QED) is 0.605. The third-order valence-corrected chi connectivity index (χ3v) is 5.04. The number of benzene rings is 1. The van der Waals surface area contributed by atoms with Crippen LogP contribution < -0.4 is 5.84 Å². The minimum Gasteiger partial charge on any atom is -0.294 e. The van der Waals surface area contributed by atoms with Gasteiger partial charge < -0.3 is 0 Å². The SMILES string of the molecule is C=C(Br)/N=C1\N(N)C2CCC1(c1ccc(C(F)(F)F)cc1)CC2. The number of hydrogen-bond acceptors (Lipinski definition) is 2. The Morgan fingerprint density at radius 1 is 1.26 bits per heavy atom. The monoisotopic (exact) mass is 387 g/mol. The Morgan fingerprint density at radius 3 is 2.30 bits per heavy atom. The summed E-state index contributed by atoms with van der Waals surface area (Å²) in [6.45, 7) is 3.74. The molecule has 2 saturated heterocycles. The van der Waals surface area contributed by atoms with Crippen molar-refractivity contribution in [2.75, 3.05) is 0 Å². The largest absolute Gasteiger partial charge is 0.416 e. The summed E-state index contributed by atoms with van der Waals surface area (Å²) in [4.78, 5) is 4.44. The van der Waals surface area contributed by atoms with Crippen molar-refractivity contribution in [1.82, 2.24) is 5.01 Å². The van der Waals surface area contributed by atoms with Gasteiger partial charge in [-0.1, -0.05) is 18.7 Å². The first-order valence-electron chi connectivity index (χ1n) is 7.39. The Hall–Kier alpha value is -1.34. The van der Waals surface area contributed by atoms with E-state index in [0.29, 0.717) is 10.4 Å². The normalized spacial score (nSPS) is 29.2. The zero-order valence-electron chi connectivity index (χ0n) is 12.4. The molecule has 2 heterocycles. The molecule has 3 fully saturated rings. The predicted octanol–water partition coefficient (Wildman–Crippen LogP) is 4.34. The van der Waals surface area contributed by atoms with E-state index in [4.69, 9.17) is 5.84 Å². The number of halogens is 4. The number of rotatable bonds is 2. The fraction of sp³-hybridized carbons (Fsp3) is 0.438. The molecule has 1 aromatic carbocycles. The van der Waals surface area contributed by atoms with Crippen molar-refractivity contribution >= 4 is 21.8 Å². The summed E-state index contributed by atoms with van der Waals surface area (Å²) in [6, 6.07) is 5.60. The summed E-state index contributed by atoms with van der Waals surface area (Å²) in [5.41, 5.74) is -0.258. The topological polar surface area (TPSA) is 41.6 Å². The molecule has 7 heteroatoms. The molecule has 1 aliphatic carbocycles. The molecule has 3 aliphatic rings. The molecule has 23 heavy (non-hydrogen) atoms. The smallest absolute Gasteiger partial charge is 0.294 e. The Kier molecular flexibility index (Phi) is 4.04. The van der Waals surface area contributed by atoms with E-state index in [1.54, 1.807) is 17.1 Å². The van der Waals surface area contributed by atoms with Crippen LogP contribution in [0, 0.1) is 0 Å². The molecule has 4 rings (SSSR count). The lowest BCUT2D eigenvalue weighted by Gasteiger charge is -2.52. The van der Waals surface area contributed by atoms with Gasteiger partial charge in [0.1, 0.15) is 10.4 Å². The Morgan fingerprint density at radius 2 is 1.83 bits per heavy atom. The van der Waals surface area contributed by atoms with Crippen molar-refractivity contribution < 1.29 is 13.2 Å². The lowest BCUT2D eigenvalue weighted by molar-refractivity contribution is -0.137. The molecule has 3 nitrogen and oxygen atoms in total. The molecule has 124 valence electrons. The summed E-state index contributed by atoms with van der Waals surface area (Å²) in [7, 11) is 0. The highest BCUT2D eigenvalue weighted by Crippen LogP contribution is 2.48. The summed E-state index contributed by atoms with van der Waals surface area (Å²) in [5.74, 6) is 6.88. The number of aliphatic imine (C=N–C) groups is 1. The maximum Gasteiger partial charge on any atom is 0.416 e. The highest BCUT2D eigenvalue weighted by Gasteiger charge is 2.50. The van der Waals surface area contributed by atoms with Crippen LogP contribution in [-0.2, 0) is 11.6 Å². The fourth-order valence-electron chi connectivity index (χ4n) is 3.69. The minimum atomic E-state index is -4.33. The van der Waals surface area contributed by atoms with Crippen LogP contribution in [-0.4, -0.2) is 16.9 Å². The molecule has 0 aromatic heterocycles. The van der Waals surface area contributed by atoms with Gasteiger partial charge in [-0.2, -0.15) is 13.2 Å². The van der Waals surface area contributed by atoms with Crippen LogP contribution in [0.4, 0.5) is 13.2 Å². The number of alkyl halides is 3. The van der Waals surface area contributed by atoms with Gasteiger partial charge in [-0.15, -0.1) is 0 Å². The average Bonchev–Trinajstić information content (AvgIpc) is 2.50. The standard InChI is InChI=1S/C16H17BrF3N3/c1-10(17)22-14-15(8-6-13(7-9-15)23(14)21)11-2-4-12(5-3-11)16(18,19)20/h2-5,13H,1,6-9,21H2/b22-14-. The lowest BCUT2D eigenvalue weighted by atomic mass is 9.63. The molecular weight excluding hydrogens is 371 g/mol. The molecule has 2 bridgehead atoms. The summed E-state index contributed by atoms with van der Waals surface area (Å²) in [5, 5.41) is 1.66. The summed E-state index contributed by atoms with van der Waals surface area (Å²) >= 11 is 3.23. The summed E-state index contributed by atoms with van der Waals surface area (Å²) in [6.07, 6.45) is -0.857. The second-order valence-corrected chi connectivity index (χ2v) is 7.02. The lowest BCUT2D eigenvalue weighted by Crippen LogP contribution is -2.63. The van der Waals surface area contributed by atoms with Gasteiger partial charge in [-0.3, -0.25) is 5.01 Å². The zero-order valence-corrected chi connectivity index (χ0v) is 14.0. The number of hydrogen-bond donors (Lipinski definition) is 1. The van der Waals surface area contributed by atoms with Gasteiger partial charge in [0.2, 0.25) is 0 Å². The highest BCUT2D eigenvalue weighted by molar-refractivity contribution is 9.11. The minimum absolute atomic E-state index is 0.233. The second kappa shape index (κ2) is 5.63. The molecule has 0 atom stereocenters. The maximum absolute atomic E-state index is 12.8. The van der Waals surface area contributed by atoms with Gasteiger partial charge in [0.15, 0.2) is 0 Å². The van der Waals surface area contributed by atoms with Crippen LogP contribution >= 0.6 is 15.9 Å². The van der Waals surface area contributed by atoms with E-state index in [-0.39, 0.29) is 6.04 Å². The third-order valence-electron chi connectivity index (χ3n) is 4.87. The predicted molar refractivity (Wildman–Crippen MR) is 86.9 cm³/mol. The van der Waals surface area contributed by atoms with Gasteiger partial charge in [0, 0.05) is 6.04 Å². The highest BCUT2D eigenvalue weighted by atomic mass is 79.9. The van der Waals surface area contributed by atoms with Crippen molar-refractivity contribution in [3.05, 3.63) is 46.6 Å². The maximum atomic E-state index is 12.8. The van der Waals surface area contributed by atoms with Gasteiger partial charge >= 0.3 is 6.18 Å². The average molecular weight is 388 g/mol. The van der Waals surface area contributed by atoms with Crippen LogP contribution in [0.5, 0.6) is 0 Å². The third kappa shape index (κ3) is 2.80. The van der Waals surface area contributed by atoms with Crippen molar-refractivity contribution in [2.24, 2.45) is 10.8 Å². The Labute approximate surface area is 141 Å². The van der Waals surface area contributed by atoms with E-state index in [0.717, 1.165) is 43.4 Å². The van der Waals surface area contributed by atoms with Gasteiger partial charge in [0.05, 0.1) is 11.0 Å². The Bertz CT molecular complexity index is 644. The number of nitrogens with zero attached hydrogens (tertiary/aromatic N) is 2. The van der Waals surface area contributed by atoms with Crippen molar-refractivity contribution in [1.29, 1.82) is 0 Å². The van der Waals surface area contributed by atoms with Crippen LogP contribution in [0.1, 0.15) is 36.8 Å². The van der Waals surface area contributed by atoms with Crippen molar-refractivity contribution in [2.45, 2.75) is 43.3 Å². The van der Waals surface area contributed by atoms with E-state index >= 15 is 0 Å². The molecule has 2 N–H and O–H groups in total. The molecule has 0 radical (unpaired) electrons. The van der Waals surface area contributed by atoms with E-state index in [1.807, 2.05) is 0 Å². The molecule has 2 aliphatic heterocycles. The van der Waals surface area contributed by atoms with Gasteiger partial charge in [-0.05, 0) is 59.3 Å². The van der Waals surface area contributed by atoms with Crippen LogP contribution in [0.15, 0.2) is 40.4 Å². The second-order valence-electron chi connectivity index (χ2n) is 6.11. The molecule has 0 amide bonds. The van der Waals surface area contributed by atoms with E-state index in [2.05, 4.69) is 27.5 Å². The number of nitrogens with two attached hydrogens (primary N) is 1. The molecular formula is C16H17BrF3N3. The summed E-state index contributed by atoms with van der Waals surface area (Å²) < 4.78 is 38.8. The first-order valence-corrected chi connectivity index (χ1v) is 8.18. The van der Waals surface area contributed by atoms with Gasteiger partial charge in [-0.25, -0.2) is 10.8 Å². The molecule has 1 aromatic rings. The van der Waals surface area contributed by atoms with Crippen molar-refractivity contribution in [3.8, 4) is 0 Å². The molecule has 0 spiro atoms. The number of fused-ring (bicyclic) bond motifs is 3. The number of hydrazine groups is 1. The van der Waals surface area contributed by atoms with Crippen LogP contribution in [0.2, 0.25) is 0 Å². The van der Waals surface area contributed by atoms with E-state index in [9.17, 15) is 13.2 Å². The Balaban J connectivity index is 2.05. The zero-order chi connectivity index (χ0) is 16.8.